The summed E-state index contributed by atoms with van der Waals surface area (Å²) in [7, 11) is 3.07. The maximum Gasteiger partial charge on any atom is 0.266 e. The van der Waals surface area contributed by atoms with E-state index in [1.54, 1.807) is 35.2 Å². The summed E-state index contributed by atoms with van der Waals surface area (Å²) in [5, 5.41) is 2.73. The van der Waals surface area contributed by atoms with Gasteiger partial charge in [0.2, 0.25) is 5.91 Å². The normalized spacial score (nSPS) is 13.0. The highest BCUT2D eigenvalue weighted by atomic mass is 16.5. The van der Waals surface area contributed by atoms with Crippen LogP contribution in [0.2, 0.25) is 0 Å². The van der Waals surface area contributed by atoms with Crippen LogP contribution in [0.1, 0.15) is 30.1 Å². The predicted molar refractivity (Wildman–Crippen MR) is 100 cm³/mol. The maximum absolute atomic E-state index is 13.3. The molecule has 3 rings (SSSR count). The fourth-order valence-corrected chi connectivity index (χ4v) is 2.92. The van der Waals surface area contributed by atoms with Gasteiger partial charge in [-0.2, -0.15) is 0 Å². The van der Waals surface area contributed by atoms with Crippen molar-refractivity contribution in [3.63, 3.8) is 0 Å². The third-order valence-electron chi connectivity index (χ3n) is 4.24. The molecule has 0 spiro atoms. The van der Waals surface area contributed by atoms with Crippen LogP contribution < -0.4 is 19.7 Å². The molecule has 0 bridgehead atoms. The largest absolute Gasteiger partial charge is 0.496 e. The van der Waals surface area contributed by atoms with Gasteiger partial charge in [-0.25, -0.2) is 0 Å². The molecule has 0 radical (unpaired) electrons. The van der Waals surface area contributed by atoms with Crippen molar-refractivity contribution in [3.05, 3.63) is 48.0 Å². The van der Waals surface area contributed by atoms with E-state index in [2.05, 4.69) is 5.32 Å². The van der Waals surface area contributed by atoms with Crippen molar-refractivity contribution < 1.29 is 19.1 Å². The lowest BCUT2D eigenvalue weighted by Gasteiger charge is -2.25. The number of rotatable bonds is 6. The van der Waals surface area contributed by atoms with E-state index in [9.17, 15) is 9.59 Å². The molecule has 1 fully saturated rings. The van der Waals surface area contributed by atoms with Gasteiger partial charge in [-0.15, -0.1) is 0 Å². The van der Waals surface area contributed by atoms with E-state index >= 15 is 0 Å². The quantitative estimate of drug-likeness (QED) is 0.862. The Morgan fingerprint density at radius 1 is 1.00 bits per heavy atom. The Hall–Kier alpha value is -3.02. The van der Waals surface area contributed by atoms with E-state index in [0.717, 1.165) is 18.5 Å². The number of amides is 2. The first kappa shape index (κ1) is 17.8. The fraction of sp³-hybridized carbons (Fsp3) is 0.300. The van der Waals surface area contributed by atoms with Crippen molar-refractivity contribution in [2.24, 2.45) is 0 Å². The minimum absolute atomic E-state index is 0.133. The molecular weight excluding hydrogens is 332 g/mol. The van der Waals surface area contributed by atoms with Crippen LogP contribution in [-0.4, -0.2) is 32.1 Å². The number of hydrogen-bond acceptors (Lipinski definition) is 4. The molecule has 0 saturated heterocycles. The Balaban J connectivity index is 1.96. The summed E-state index contributed by atoms with van der Waals surface area (Å²) in [5.41, 5.74) is 1.88. The van der Waals surface area contributed by atoms with Gasteiger partial charge in [0.05, 0.1) is 14.2 Å². The molecule has 1 aliphatic rings. The molecule has 0 heterocycles. The van der Waals surface area contributed by atoms with Crippen LogP contribution in [0.25, 0.3) is 0 Å². The zero-order valence-electron chi connectivity index (χ0n) is 15.1. The molecular formula is C20H22N2O4. The Labute approximate surface area is 152 Å². The van der Waals surface area contributed by atoms with Gasteiger partial charge in [0.15, 0.2) is 0 Å². The molecule has 2 aromatic rings. The fourth-order valence-electron chi connectivity index (χ4n) is 2.92. The van der Waals surface area contributed by atoms with Crippen LogP contribution in [0.4, 0.5) is 11.4 Å². The SMILES string of the molecule is COc1cccc(OC)c1C(=O)N(c1ccc(NC(C)=O)cc1)C1CC1. The maximum atomic E-state index is 13.3. The summed E-state index contributed by atoms with van der Waals surface area (Å²) in [6.45, 7) is 1.46. The van der Waals surface area contributed by atoms with E-state index in [1.807, 2.05) is 12.1 Å². The lowest BCUT2D eigenvalue weighted by molar-refractivity contribution is -0.114. The smallest absolute Gasteiger partial charge is 0.266 e. The Morgan fingerprint density at radius 3 is 2.04 bits per heavy atom. The first-order valence-electron chi connectivity index (χ1n) is 8.47. The van der Waals surface area contributed by atoms with Crippen molar-refractivity contribution in [2.45, 2.75) is 25.8 Å². The molecule has 0 unspecified atom stereocenters. The zero-order chi connectivity index (χ0) is 18.7. The highest BCUT2D eigenvalue weighted by molar-refractivity contribution is 6.10. The minimum Gasteiger partial charge on any atom is -0.496 e. The van der Waals surface area contributed by atoms with Gasteiger partial charge in [-0.3, -0.25) is 9.59 Å². The number of anilines is 2. The van der Waals surface area contributed by atoms with Gasteiger partial charge in [0.1, 0.15) is 17.1 Å². The number of ether oxygens (including phenoxy) is 2. The van der Waals surface area contributed by atoms with E-state index in [1.165, 1.54) is 21.1 Å². The zero-order valence-corrected chi connectivity index (χ0v) is 15.1. The van der Waals surface area contributed by atoms with Gasteiger partial charge >= 0.3 is 0 Å². The van der Waals surface area contributed by atoms with Crippen LogP contribution in [-0.2, 0) is 4.79 Å². The highest BCUT2D eigenvalue weighted by Crippen LogP contribution is 2.37. The van der Waals surface area contributed by atoms with E-state index < -0.39 is 0 Å². The first-order chi connectivity index (χ1) is 12.5. The molecule has 26 heavy (non-hydrogen) atoms. The number of carbonyl (C=O) groups excluding carboxylic acids is 2. The van der Waals surface area contributed by atoms with Crippen molar-refractivity contribution in [1.82, 2.24) is 0 Å². The van der Waals surface area contributed by atoms with Crippen LogP contribution in [0.3, 0.4) is 0 Å². The molecule has 0 aromatic heterocycles. The molecule has 6 heteroatoms. The van der Waals surface area contributed by atoms with Crippen molar-refractivity contribution in [3.8, 4) is 11.5 Å². The van der Waals surface area contributed by atoms with Gasteiger partial charge in [0.25, 0.3) is 5.91 Å². The van der Waals surface area contributed by atoms with E-state index in [4.69, 9.17) is 9.47 Å². The summed E-state index contributed by atoms with van der Waals surface area (Å²) in [6.07, 6.45) is 1.91. The van der Waals surface area contributed by atoms with Gasteiger partial charge < -0.3 is 19.7 Å². The third-order valence-corrected chi connectivity index (χ3v) is 4.24. The highest BCUT2D eigenvalue weighted by Gasteiger charge is 2.36. The first-order valence-corrected chi connectivity index (χ1v) is 8.47. The molecule has 136 valence electrons. The second-order valence-corrected chi connectivity index (χ2v) is 6.17. The predicted octanol–water partition coefficient (Wildman–Crippen LogP) is 3.47. The minimum atomic E-state index is -0.158. The van der Waals surface area contributed by atoms with Crippen molar-refractivity contribution in [2.75, 3.05) is 24.4 Å². The Morgan fingerprint density at radius 2 is 1.58 bits per heavy atom. The number of methoxy groups -OCH3 is 2. The Bertz CT molecular complexity index is 791. The lowest BCUT2D eigenvalue weighted by Crippen LogP contribution is -2.33. The van der Waals surface area contributed by atoms with Gasteiger partial charge in [-0.05, 0) is 49.2 Å². The third kappa shape index (κ3) is 3.64. The molecule has 1 aliphatic carbocycles. The second kappa shape index (κ2) is 7.47. The average Bonchev–Trinajstić information content (AvgIpc) is 3.47. The standard InChI is InChI=1S/C20H22N2O4/c1-13(23)21-14-7-9-15(10-8-14)22(16-11-12-16)20(24)19-17(25-2)5-4-6-18(19)26-3/h4-10,16H,11-12H2,1-3H3,(H,21,23). The van der Waals surface area contributed by atoms with Crippen molar-refractivity contribution in [1.29, 1.82) is 0 Å². The number of benzene rings is 2. The number of nitrogens with one attached hydrogen (secondary N) is 1. The number of hydrogen-bond donors (Lipinski definition) is 1. The van der Waals surface area contributed by atoms with Crippen LogP contribution in [0.5, 0.6) is 11.5 Å². The molecule has 1 saturated carbocycles. The molecule has 6 nitrogen and oxygen atoms in total. The molecule has 2 amide bonds. The molecule has 1 N–H and O–H groups in total. The topological polar surface area (TPSA) is 67.9 Å². The average molecular weight is 354 g/mol. The number of carbonyl (C=O) groups is 2. The second-order valence-electron chi connectivity index (χ2n) is 6.17. The van der Waals surface area contributed by atoms with Crippen LogP contribution >= 0.6 is 0 Å². The summed E-state index contributed by atoms with van der Waals surface area (Å²) >= 11 is 0. The molecule has 0 aliphatic heterocycles. The summed E-state index contributed by atoms with van der Waals surface area (Å²) in [5.74, 6) is 0.672. The molecule has 0 atom stereocenters. The summed E-state index contributed by atoms with van der Waals surface area (Å²) in [6, 6.07) is 12.7. The van der Waals surface area contributed by atoms with Gasteiger partial charge in [-0.1, -0.05) is 6.07 Å². The van der Waals surface area contributed by atoms with E-state index in [0.29, 0.717) is 22.7 Å². The molecule has 2 aromatic carbocycles. The van der Waals surface area contributed by atoms with Crippen LogP contribution in [0.15, 0.2) is 42.5 Å². The number of nitrogens with zero attached hydrogens (tertiary/aromatic N) is 1. The van der Waals surface area contributed by atoms with Crippen molar-refractivity contribution >= 4 is 23.2 Å². The van der Waals surface area contributed by atoms with E-state index in [-0.39, 0.29) is 17.9 Å². The summed E-state index contributed by atoms with van der Waals surface area (Å²) in [4.78, 5) is 26.3. The monoisotopic (exact) mass is 354 g/mol. The van der Waals surface area contributed by atoms with Crippen LogP contribution in [0, 0.1) is 0 Å². The lowest BCUT2D eigenvalue weighted by atomic mass is 10.1. The summed E-state index contributed by atoms with van der Waals surface area (Å²) < 4.78 is 10.8. The Kier molecular flexibility index (Phi) is 5.11. The van der Waals surface area contributed by atoms with Gasteiger partial charge in [0, 0.05) is 24.3 Å².